The van der Waals surface area contributed by atoms with Gasteiger partial charge in [-0.1, -0.05) is 36.4 Å². The van der Waals surface area contributed by atoms with Gasteiger partial charge in [-0.15, -0.1) is 0 Å². The van der Waals surface area contributed by atoms with Crippen molar-refractivity contribution in [1.29, 1.82) is 0 Å². The molecule has 1 atom stereocenters. The summed E-state index contributed by atoms with van der Waals surface area (Å²) in [6.45, 7) is 5.41. The minimum Gasteiger partial charge on any atom is -0.367 e. The lowest BCUT2D eigenvalue weighted by atomic mass is 9.96. The van der Waals surface area contributed by atoms with Crippen molar-refractivity contribution in [3.63, 3.8) is 0 Å². The maximum atomic E-state index is 5.80. The number of piperidine rings is 1. The minimum absolute atomic E-state index is 0.0234. The average Bonchev–Trinajstić information content (AvgIpc) is 2.82. The van der Waals surface area contributed by atoms with Crippen LogP contribution in [-0.2, 0) is 17.7 Å². The van der Waals surface area contributed by atoms with Gasteiger partial charge in [0.05, 0.1) is 0 Å². The molecular formula is C25H37N3OS. The zero-order valence-corrected chi connectivity index (χ0v) is 19.3. The van der Waals surface area contributed by atoms with Crippen LogP contribution in [0.25, 0.3) is 0 Å². The van der Waals surface area contributed by atoms with Crippen molar-refractivity contribution in [2.75, 3.05) is 44.4 Å². The number of nitrogens with one attached hydrogen (secondary N) is 2. The Balaban J connectivity index is 0.00000124. The zero-order valence-electron chi connectivity index (χ0n) is 18.4. The topological polar surface area (TPSA) is 36.5 Å². The predicted molar refractivity (Wildman–Crippen MR) is 131 cm³/mol. The van der Waals surface area contributed by atoms with Gasteiger partial charge < -0.3 is 15.0 Å². The highest BCUT2D eigenvalue weighted by Gasteiger charge is 2.21. The molecule has 0 radical (unpaired) electrons. The first kappa shape index (κ1) is 23.1. The lowest BCUT2D eigenvalue weighted by Gasteiger charge is -2.32. The molecule has 2 aliphatic heterocycles. The Morgan fingerprint density at radius 1 is 1.13 bits per heavy atom. The summed E-state index contributed by atoms with van der Waals surface area (Å²) in [5.74, 6) is 0.748. The van der Waals surface area contributed by atoms with E-state index in [0.717, 1.165) is 45.1 Å². The fourth-order valence-electron chi connectivity index (χ4n) is 4.52. The molecular weight excluding hydrogens is 390 g/mol. The third-order valence-electron chi connectivity index (χ3n) is 6.12. The van der Waals surface area contributed by atoms with E-state index in [-0.39, 0.29) is 6.23 Å². The number of hydrogen-bond donors (Lipinski definition) is 3. The predicted octanol–water partition coefficient (Wildman–Crippen LogP) is 4.42. The van der Waals surface area contributed by atoms with Crippen LogP contribution in [0.3, 0.4) is 0 Å². The lowest BCUT2D eigenvalue weighted by Crippen LogP contribution is -2.35. The minimum atomic E-state index is -0.0234. The van der Waals surface area contributed by atoms with Crippen molar-refractivity contribution < 1.29 is 4.74 Å². The highest BCUT2D eigenvalue weighted by atomic mass is 32.1. The normalized spacial score (nSPS) is 17.6. The van der Waals surface area contributed by atoms with Crippen LogP contribution in [0.4, 0.5) is 5.69 Å². The fourth-order valence-corrected chi connectivity index (χ4v) is 4.52. The molecule has 4 rings (SSSR count). The third kappa shape index (κ3) is 6.24. The molecule has 0 spiro atoms. The molecule has 2 heterocycles. The van der Waals surface area contributed by atoms with E-state index in [1.54, 1.807) is 13.4 Å². The van der Waals surface area contributed by atoms with E-state index >= 15 is 0 Å². The first-order valence-corrected chi connectivity index (χ1v) is 12.1. The van der Waals surface area contributed by atoms with Crippen molar-refractivity contribution in [2.45, 2.75) is 38.5 Å². The summed E-state index contributed by atoms with van der Waals surface area (Å²) in [6, 6.07) is 17.7. The van der Waals surface area contributed by atoms with Crippen molar-refractivity contribution in [3.05, 3.63) is 65.2 Å². The summed E-state index contributed by atoms with van der Waals surface area (Å²) in [4.78, 5) is 2.52. The van der Waals surface area contributed by atoms with E-state index in [1.165, 1.54) is 41.6 Å². The van der Waals surface area contributed by atoms with Gasteiger partial charge in [-0.2, -0.15) is 12.6 Å². The molecule has 4 nitrogen and oxygen atoms in total. The average molecular weight is 428 g/mol. The Morgan fingerprint density at radius 2 is 1.90 bits per heavy atom. The Kier molecular flexibility index (Phi) is 9.53. The molecule has 30 heavy (non-hydrogen) atoms. The van der Waals surface area contributed by atoms with Crippen LogP contribution >= 0.6 is 12.6 Å². The highest BCUT2D eigenvalue weighted by Crippen LogP contribution is 2.31. The van der Waals surface area contributed by atoms with E-state index in [9.17, 15) is 0 Å². The van der Waals surface area contributed by atoms with E-state index in [1.807, 2.05) is 0 Å². The number of ether oxygens (including phenoxy) is 1. The van der Waals surface area contributed by atoms with Crippen molar-refractivity contribution in [2.24, 2.45) is 5.92 Å². The molecule has 164 valence electrons. The van der Waals surface area contributed by atoms with E-state index in [0.29, 0.717) is 0 Å². The van der Waals surface area contributed by atoms with Gasteiger partial charge in [-0.25, -0.2) is 0 Å². The molecule has 1 fully saturated rings. The second-order valence-corrected chi connectivity index (χ2v) is 8.12. The maximum absolute atomic E-state index is 5.80. The van der Waals surface area contributed by atoms with E-state index < -0.39 is 0 Å². The van der Waals surface area contributed by atoms with Gasteiger partial charge >= 0.3 is 0 Å². The Morgan fingerprint density at radius 3 is 2.63 bits per heavy atom. The number of nitrogens with zero attached hydrogens (tertiary/aromatic N) is 1. The standard InChI is InChI=1S/C24H33N3O.CH4S/c1-28-24(26-17-19-11-13-25-14-12-19)22-9-10-23-21(16-22)8-5-15-27(23)18-20-6-3-2-4-7-20;1-2/h2-4,6-7,9-10,16,19,24-26H,5,8,11-15,17-18H2,1H3;2H,1H3. The number of methoxy groups -OCH3 is 1. The maximum Gasteiger partial charge on any atom is 0.133 e. The van der Waals surface area contributed by atoms with Crippen LogP contribution in [0.5, 0.6) is 0 Å². The molecule has 2 aliphatic rings. The molecule has 0 amide bonds. The third-order valence-corrected chi connectivity index (χ3v) is 6.12. The first-order valence-electron chi connectivity index (χ1n) is 11.2. The molecule has 2 N–H and O–H groups in total. The summed E-state index contributed by atoms with van der Waals surface area (Å²) < 4.78 is 5.80. The largest absolute Gasteiger partial charge is 0.367 e. The van der Waals surface area contributed by atoms with Gasteiger partial charge in [0.2, 0.25) is 0 Å². The Hall–Kier alpha value is -1.53. The van der Waals surface area contributed by atoms with Crippen molar-refractivity contribution in [1.82, 2.24) is 10.6 Å². The van der Waals surface area contributed by atoms with Crippen LogP contribution in [0.2, 0.25) is 0 Å². The van der Waals surface area contributed by atoms with Crippen LogP contribution in [-0.4, -0.2) is 39.5 Å². The van der Waals surface area contributed by atoms with Crippen molar-refractivity contribution in [3.8, 4) is 0 Å². The molecule has 5 heteroatoms. The molecule has 0 saturated carbocycles. The summed E-state index contributed by atoms with van der Waals surface area (Å²) in [6.07, 6.45) is 6.54. The molecule has 1 saturated heterocycles. The number of aryl methyl sites for hydroxylation is 1. The molecule has 2 aromatic rings. The van der Waals surface area contributed by atoms with Gasteiger partial charge in [-0.3, -0.25) is 5.32 Å². The second-order valence-electron chi connectivity index (χ2n) is 8.12. The van der Waals surface area contributed by atoms with Gasteiger partial charge in [0.1, 0.15) is 6.23 Å². The van der Waals surface area contributed by atoms with Crippen molar-refractivity contribution >= 4 is 18.3 Å². The van der Waals surface area contributed by atoms with Crippen LogP contribution < -0.4 is 15.5 Å². The summed E-state index contributed by atoms with van der Waals surface area (Å²) in [5, 5.41) is 7.09. The van der Waals surface area contributed by atoms with E-state index in [4.69, 9.17) is 4.74 Å². The van der Waals surface area contributed by atoms with Gasteiger partial charge in [0, 0.05) is 32.4 Å². The van der Waals surface area contributed by atoms with Gasteiger partial charge in [-0.05, 0) is 79.8 Å². The Bertz CT molecular complexity index is 749. The quantitative estimate of drug-likeness (QED) is 0.452. The van der Waals surface area contributed by atoms with Crippen LogP contribution in [0, 0.1) is 5.92 Å². The second kappa shape index (κ2) is 12.4. The Labute approximate surface area is 187 Å². The molecule has 1 unspecified atom stereocenters. The smallest absolute Gasteiger partial charge is 0.133 e. The first-order chi connectivity index (χ1) is 14.8. The van der Waals surface area contributed by atoms with E-state index in [2.05, 4.69) is 76.7 Å². The fraction of sp³-hybridized carbons (Fsp3) is 0.520. The lowest BCUT2D eigenvalue weighted by molar-refractivity contribution is 0.0681. The molecule has 0 aromatic heterocycles. The van der Waals surface area contributed by atoms with Gasteiger partial charge in [0.25, 0.3) is 0 Å². The number of rotatable bonds is 7. The number of fused-ring (bicyclic) bond motifs is 1. The number of thiol groups is 1. The molecule has 0 bridgehead atoms. The van der Waals surface area contributed by atoms with Gasteiger partial charge in [0.15, 0.2) is 0 Å². The summed E-state index contributed by atoms with van der Waals surface area (Å²) >= 11 is 3.53. The van der Waals surface area contributed by atoms with Crippen LogP contribution in [0.1, 0.15) is 42.2 Å². The zero-order chi connectivity index (χ0) is 21.2. The van der Waals surface area contributed by atoms with Crippen LogP contribution in [0.15, 0.2) is 48.5 Å². The summed E-state index contributed by atoms with van der Waals surface area (Å²) in [5.41, 5.74) is 5.45. The number of anilines is 1. The highest BCUT2D eigenvalue weighted by molar-refractivity contribution is 7.79. The SMILES string of the molecule is COC(NCC1CCNCC1)c1ccc2c(c1)CCCN2Cc1ccccc1.CS. The number of hydrogen-bond acceptors (Lipinski definition) is 5. The monoisotopic (exact) mass is 427 g/mol. The molecule has 0 aliphatic carbocycles. The summed E-state index contributed by atoms with van der Waals surface area (Å²) in [7, 11) is 1.81. The molecule has 2 aromatic carbocycles. The number of benzene rings is 2.